The summed E-state index contributed by atoms with van der Waals surface area (Å²) in [4.78, 5) is 22.2. The van der Waals surface area contributed by atoms with Gasteiger partial charge in [0.05, 0.1) is 17.3 Å². The predicted octanol–water partition coefficient (Wildman–Crippen LogP) is 0.207. The van der Waals surface area contributed by atoms with Crippen LogP contribution in [0.2, 0.25) is 0 Å². The number of rotatable bonds is 1. The van der Waals surface area contributed by atoms with Crippen molar-refractivity contribution in [2.45, 2.75) is 12.5 Å². The van der Waals surface area contributed by atoms with Crippen LogP contribution in [-0.2, 0) is 11.2 Å². The summed E-state index contributed by atoms with van der Waals surface area (Å²) < 4.78 is 0. The van der Waals surface area contributed by atoms with Crippen molar-refractivity contribution in [3.8, 4) is 0 Å². The Balaban J connectivity index is 2.52. The van der Waals surface area contributed by atoms with E-state index in [-0.39, 0.29) is 11.5 Å². The van der Waals surface area contributed by atoms with Crippen LogP contribution in [0.3, 0.4) is 0 Å². The quantitative estimate of drug-likeness (QED) is 0.612. The fourth-order valence-electron chi connectivity index (χ4n) is 1.64. The highest BCUT2D eigenvalue weighted by atomic mass is 16.4. The van der Waals surface area contributed by atoms with E-state index in [1.807, 2.05) is 0 Å². The second-order valence-electron chi connectivity index (χ2n) is 3.44. The number of aromatic carboxylic acids is 1. The lowest BCUT2D eigenvalue weighted by molar-refractivity contribution is -0.117. The van der Waals surface area contributed by atoms with E-state index in [0.29, 0.717) is 12.1 Å². The number of hydrogen-bond acceptors (Lipinski definition) is 3. The first-order valence-electron chi connectivity index (χ1n) is 4.51. The van der Waals surface area contributed by atoms with Crippen LogP contribution in [0.25, 0.3) is 0 Å². The van der Waals surface area contributed by atoms with Crippen molar-refractivity contribution >= 4 is 17.6 Å². The number of carbonyl (C=O) groups excluding carboxylic acids is 1. The van der Waals surface area contributed by atoms with Crippen molar-refractivity contribution in [3.05, 3.63) is 29.3 Å². The number of carboxylic acids is 1. The molecule has 4 N–H and O–H groups in total. The number of para-hydroxylation sites is 1. The molecule has 2 rings (SSSR count). The Labute approximate surface area is 85.9 Å². The van der Waals surface area contributed by atoms with E-state index in [0.717, 1.165) is 5.56 Å². The van der Waals surface area contributed by atoms with Crippen molar-refractivity contribution in [3.63, 3.8) is 0 Å². The molecule has 0 radical (unpaired) electrons. The van der Waals surface area contributed by atoms with Crippen LogP contribution >= 0.6 is 0 Å². The standard InChI is InChI=1S/C10H10N2O3/c11-7-4-5-2-1-3-6(10(14)15)8(5)12-9(7)13/h1-3,7H,4,11H2,(H,12,13)(H,14,15)/t7-/m0/s1. The average molecular weight is 206 g/mol. The maximum absolute atomic E-state index is 11.3. The maximum atomic E-state index is 11.3. The Kier molecular flexibility index (Phi) is 2.17. The summed E-state index contributed by atoms with van der Waals surface area (Å²) in [7, 11) is 0. The van der Waals surface area contributed by atoms with Crippen molar-refractivity contribution in [2.75, 3.05) is 5.32 Å². The largest absolute Gasteiger partial charge is 0.478 e. The summed E-state index contributed by atoms with van der Waals surface area (Å²) in [6.07, 6.45) is 0.377. The molecule has 0 bridgehead atoms. The molecular formula is C10H10N2O3. The number of anilines is 1. The summed E-state index contributed by atoms with van der Waals surface area (Å²) in [5, 5.41) is 11.4. The Hall–Kier alpha value is -1.88. The molecular weight excluding hydrogens is 196 g/mol. The molecule has 1 aromatic rings. The molecule has 5 nitrogen and oxygen atoms in total. The van der Waals surface area contributed by atoms with E-state index in [2.05, 4.69) is 5.32 Å². The molecule has 1 heterocycles. The number of fused-ring (bicyclic) bond motifs is 1. The zero-order valence-corrected chi connectivity index (χ0v) is 7.86. The van der Waals surface area contributed by atoms with Gasteiger partial charge in [-0.2, -0.15) is 0 Å². The predicted molar refractivity (Wildman–Crippen MR) is 53.7 cm³/mol. The summed E-state index contributed by atoms with van der Waals surface area (Å²) in [6.45, 7) is 0. The Morgan fingerprint density at radius 1 is 1.53 bits per heavy atom. The van der Waals surface area contributed by atoms with Gasteiger partial charge in [-0.3, -0.25) is 4.79 Å². The van der Waals surface area contributed by atoms with E-state index in [9.17, 15) is 9.59 Å². The second kappa shape index (κ2) is 3.36. The van der Waals surface area contributed by atoms with Crippen LogP contribution < -0.4 is 11.1 Å². The Bertz CT molecular complexity index is 442. The molecule has 78 valence electrons. The molecule has 0 saturated heterocycles. The van der Waals surface area contributed by atoms with Crippen molar-refractivity contribution in [2.24, 2.45) is 5.73 Å². The lowest BCUT2D eigenvalue weighted by Gasteiger charge is -2.22. The second-order valence-corrected chi connectivity index (χ2v) is 3.44. The average Bonchev–Trinajstić information content (AvgIpc) is 2.18. The van der Waals surface area contributed by atoms with Gasteiger partial charge in [0.15, 0.2) is 0 Å². The van der Waals surface area contributed by atoms with Gasteiger partial charge in [0.25, 0.3) is 0 Å². The number of carboxylic acid groups (broad SMARTS) is 1. The van der Waals surface area contributed by atoms with E-state index in [1.54, 1.807) is 12.1 Å². The molecule has 5 heteroatoms. The normalized spacial score (nSPS) is 19.3. The van der Waals surface area contributed by atoms with Crippen LogP contribution in [0.1, 0.15) is 15.9 Å². The molecule has 0 unspecified atom stereocenters. The first-order valence-corrected chi connectivity index (χ1v) is 4.51. The van der Waals surface area contributed by atoms with Crippen molar-refractivity contribution in [1.82, 2.24) is 0 Å². The molecule has 0 spiro atoms. The van der Waals surface area contributed by atoms with E-state index >= 15 is 0 Å². The number of nitrogens with two attached hydrogens (primary N) is 1. The van der Waals surface area contributed by atoms with Crippen LogP contribution in [-0.4, -0.2) is 23.0 Å². The SMILES string of the molecule is N[C@H]1Cc2cccc(C(=O)O)c2NC1=O. The zero-order chi connectivity index (χ0) is 11.0. The fourth-order valence-corrected chi connectivity index (χ4v) is 1.64. The molecule has 0 fully saturated rings. The highest BCUT2D eigenvalue weighted by molar-refractivity contribution is 6.04. The van der Waals surface area contributed by atoms with Crippen LogP contribution in [0.5, 0.6) is 0 Å². The third kappa shape index (κ3) is 1.57. The third-order valence-electron chi connectivity index (χ3n) is 2.41. The summed E-state index contributed by atoms with van der Waals surface area (Å²) in [6, 6.07) is 4.27. The van der Waals surface area contributed by atoms with E-state index in [1.165, 1.54) is 6.07 Å². The molecule has 15 heavy (non-hydrogen) atoms. The molecule has 0 aliphatic carbocycles. The fraction of sp³-hybridized carbons (Fsp3) is 0.200. The number of carbonyl (C=O) groups is 2. The minimum Gasteiger partial charge on any atom is -0.478 e. The summed E-state index contributed by atoms with van der Waals surface area (Å²) in [5.41, 5.74) is 6.80. The van der Waals surface area contributed by atoms with Gasteiger partial charge < -0.3 is 16.2 Å². The Morgan fingerprint density at radius 2 is 2.27 bits per heavy atom. The van der Waals surface area contributed by atoms with Gasteiger partial charge in [0.2, 0.25) is 5.91 Å². The number of hydrogen-bond donors (Lipinski definition) is 3. The van der Waals surface area contributed by atoms with E-state index < -0.39 is 12.0 Å². The van der Waals surface area contributed by atoms with Crippen LogP contribution in [0.15, 0.2) is 18.2 Å². The van der Waals surface area contributed by atoms with Gasteiger partial charge in [-0.15, -0.1) is 0 Å². The van der Waals surface area contributed by atoms with Crippen LogP contribution in [0.4, 0.5) is 5.69 Å². The molecule has 0 aromatic heterocycles. The molecule has 1 aromatic carbocycles. The van der Waals surface area contributed by atoms with Crippen molar-refractivity contribution < 1.29 is 14.7 Å². The topological polar surface area (TPSA) is 92.4 Å². The highest BCUT2D eigenvalue weighted by Crippen LogP contribution is 2.26. The maximum Gasteiger partial charge on any atom is 0.337 e. The smallest absolute Gasteiger partial charge is 0.337 e. The molecule has 1 amide bonds. The summed E-state index contributed by atoms with van der Waals surface area (Å²) in [5.74, 6) is -1.39. The van der Waals surface area contributed by atoms with Gasteiger partial charge in [-0.1, -0.05) is 12.1 Å². The molecule has 0 saturated carbocycles. The minimum absolute atomic E-state index is 0.104. The lowest BCUT2D eigenvalue weighted by atomic mass is 9.96. The molecule has 1 aliphatic heterocycles. The monoisotopic (exact) mass is 206 g/mol. The summed E-state index contributed by atoms with van der Waals surface area (Å²) >= 11 is 0. The van der Waals surface area contributed by atoms with E-state index in [4.69, 9.17) is 10.8 Å². The number of amides is 1. The minimum atomic E-state index is -1.05. The number of benzene rings is 1. The van der Waals surface area contributed by atoms with Gasteiger partial charge >= 0.3 is 5.97 Å². The highest BCUT2D eigenvalue weighted by Gasteiger charge is 2.25. The van der Waals surface area contributed by atoms with Gasteiger partial charge in [-0.05, 0) is 18.1 Å². The Morgan fingerprint density at radius 3 is 2.93 bits per heavy atom. The van der Waals surface area contributed by atoms with Crippen molar-refractivity contribution in [1.29, 1.82) is 0 Å². The first-order chi connectivity index (χ1) is 7.09. The molecule has 1 atom stereocenters. The van der Waals surface area contributed by atoms with Crippen LogP contribution in [0, 0.1) is 0 Å². The first kappa shape index (κ1) is 9.67. The van der Waals surface area contributed by atoms with Gasteiger partial charge in [0.1, 0.15) is 0 Å². The zero-order valence-electron chi connectivity index (χ0n) is 7.86. The van der Waals surface area contributed by atoms with Gasteiger partial charge in [-0.25, -0.2) is 4.79 Å². The third-order valence-corrected chi connectivity index (χ3v) is 2.41. The number of nitrogens with one attached hydrogen (secondary N) is 1. The molecule has 1 aliphatic rings. The lowest BCUT2D eigenvalue weighted by Crippen LogP contribution is -2.41. The van der Waals surface area contributed by atoms with Gasteiger partial charge in [0, 0.05) is 0 Å².